The number of carbonyl (C=O) groups is 1. The highest BCUT2D eigenvalue weighted by molar-refractivity contribution is 9.10. The third kappa shape index (κ3) is 5.20. The third-order valence-corrected chi connectivity index (χ3v) is 5.95. The standard InChI is InChI=1S/C17H16BrClN2O4S/c18-15-8-11(19)4-7-16(15)25-10-17(22)20-13-2-1-3-14(9-13)26(23,24)21-12-5-6-12/h1-4,7-9,12,21H,5-6,10H2,(H,20,22). The van der Waals surface area contributed by atoms with Crippen molar-refractivity contribution in [2.24, 2.45) is 0 Å². The molecule has 1 aliphatic rings. The molecule has 0 spiro atoms. The fraction of sp³-hybridized carbons (Fsp3) is 0.235. The molecule has 1 aliphatic carbocycles. The summed E-state index contributed by atoms with van der Waals surface area (Å²) in [6, 6.07) is 11.1. The van der Waals surface area contributed by atoms with Crippen molar-refractivity contribution in [2.75, 3.05) is 11.9 Å². The van der Waals surface area contributed by atoms with E-state index in [0.29, 0.717) is 20.9 Å². The molecular weight excluding hydrogens is 444 g/mol. The molecule has 1 amide bonds. The Bertz CT molecular complexity index is 932. The van der Waals surface area contributed by atoms with E-state index in [-0.39, 0.29) is 17.5 Å². The molecule has 0 aliphatic heterocycles. The molecule has 0 saturated heterocycles. The fourth-order valence-electron chi connectivity index (χ4n) is 2.16. The Hall–Kier alpha value is -1.61. The van der Waals surface area contributed by atoms with E-state index in [2.05, 4.69) is 26.0 Å². The van der Waals surface area contributed by atoms with Gasteiger partial charge in [0.2, 0.25) is 10.0 Å². The molecule has 138 valence electrons. The van der Waals surface area contributed by atoms with Gasteiger partial charge in [0.1, 0.15) is 5.75 Å². The van der Waals surface area contributed by atoms with Crippen LogP contribution in [-0.4, -0.2) is 27.0 Å². The van der Waals surface area contributed by atoms with Crippen LogP contribution in [0.25, 0.3) is 0 Å². The minimum atomic E-state index is -3.57. The first-order chi connectivity index (χ1) is 12.3. The van der Waals surface area contributed by atoms with Gasteiger partial charge in [0.05, 0.1) is 9.37 Å². The average molecular weight is 460 g/mol. The lowest BCUT2D eigenvalue weighted by Crippen LogP contribution is -2.26. The van der Waals surface area contributed by atoms with E-state index in [9.17, 15) is 13.2 Å². The minimum absolute atomic E-state index is 0.0180. The highest BCUT2D eigenvalue weighted by Gasteiger charge is 2.28. The molecule has 26 heavy (non-hydrogen) atoms. The van der Waals surface area contributed by atoms with E-state index >= 15 is 0 Å². The maximum Gasteiger partial charge on any atom is 0.262 e. The second-order valence-corrected chi connectivity index (χ2v) is 8.84. The van der Waals surface area contributed by atoms with E-state index in [1.807, 2.05) is 0 Å². The van der Waals surface area contributed by atoms with Gasteiger partial charge in [-0.3, -0.25) is 4.79 Å². The molecule has 0 atom stereocenters. The quantitative estimate of drug-likeness (QED) is 0.663. The largest absolute Gasteiger partial charge is 0.483 e. The number of hydrogen-bond donors (Lipinski definition) is 2. The number of anilines is 1. The Morgan fingerprint density at radius 1 is 1.23 bits per heavy atom. The number of benzene rings is 2. The van der Waals surface area contributed by atoms with Crippen LogP contribution >= 0.6 is 27.5 Å². The zero-order valence-corrected chi connectivity index (χ0v) is 16.7. The van der Waals surface area contributed by atoms with E-state index < -0.39 is 15.9 Å². The maximum atomic E-state index is 12.2. The Balaban J connectivity index is 1.61. The summed E-state index contributed by atoms with van der Waals surface area (Å²) >= 11 is 9.16. The highest BCUT2D eigenvalue weighted by atomic mass is 79.9. The average Bonchev–Trinajstić information content (AvgIpc) is 3.37. The number of sulfonamides is 1. The first-order valence-corrected chi connectivity index (χ1v) is 10.5. The van der Waals surface area contributed by atoms with Crippen LogP contribution in [0.4, 0.5) is 5.69 Å². The maximum absolute atomic E-state index is 12.2. The van der Waals surface area contributed by atoms with Gasteiger partial charge in [0, 0.05) is 16.8 Å². The summed E-state index contributed by atoms with van der Waals surface area (Å²) in [5.74, 6) is 0.0751. The first kappa shape index (κ1) is 19.2. The molecule has 0 unspecified atom stereocenters. The zero-order chi connectivity index (χ0) is 18.7. The summed E-state index contributed by atoms with van der Waals surface area (Å²) in [6.07, 6.45) is 1.71. The van der Waals surface area contributed by atoms with Crippen molar-refractivity contribution in [3.63, 3.8) is 0 Å². The topological polar surface area (TPSA) is 84.5 Å². The molecule has 0 heterocycles. The van der Waals surface area contributed by atoms with Crippen LogP contribution in [0.2, 0.25) is 5.02 Å². The SMILES string of the molecule is O=C(COc1ccc(Cl)cc1Br)Nc1cccc(S(=O)(=O)NC2CC2)c1. The molecule has 1 saturated carbocycles. The van der Waals surface area contributed by atoms with E-state index in [1.165, 1.54) is 12.1 Å². The molecule has 6 nitrogen and oxygen atoms in total. The lowest BCUT2D eigenvalue weighted by atomic mass is 10.3. The summed E-state index contributed by atoms with van der Waals surface area (Å²) in [5.41, 5.74) is 0.382. The van der Waals surface area contributed by atoms with Crippen molar-refractivity contribution in [3.05, 3.63) is 52.0 Å². The summed E-state index contributed by atoms with van der Waals surface area (Å²) < 4.78 is 33.1. The molecule has 1 fully saturated rings. The Morgan fingerprint density at radius 2 is 2.00 bits per heavy atom. The fourth-order valence-corrected chi connectivity index (χ4v) is 4.31. The normalized spacial score (nSPS) is 14.1. The van der Waals surface area contributed by atoms with Crippen molar-refractivity contribution >= 4 is 49.1 Å². The number of hydrogen-bond acceptors (Lipinski definition) is 4. The van der Waals surface area contributed by atoms with Crippen molar-refractivity contribution < 1.29 is 17.9 Å². The van der Waals surface area contributed by atoms with Crippen LogP contribution in [0.5, 0.6) is 5.75 Å². The molecule has 2 N–H and O–H groups in total. The van der Waals surface area contributed by atoms with Gasteiger partial charge in [-0.2, -0.15) is 0 Å². The minimum Gasteiger partial charge on any atom is -0.483 e. The molecule has 2 aromatic carbocycles. The number of nitrogens with one attached hydrogen (secondary N) is 2. The van der Waals surface area contributed by atoms with Gasteiger partial charge in [0.15, 0.2) is 6.61 Å². The molecule has 0 bridgehead atoms. The lowest BCUT2D eigenvalue weighted by Gasteiger charge is -2.10. The van der Waals surface area contributed by atoms with Crippen molar-refractivity contribution in [1.29, 1.82) is 0 Å². The van der Waals surface area contributed by atoms with Gasteiger partial charge in [-0.05, 0) is 65.2 Å². The zero-order valence-electron chi connectivity index (χ0n) is 13.5. The van der Waals surface area contributed by atoms with Gasteiger partial charge < -0.3 is 10.1 Å². The first-order valence-electron chi connectivity index (χ1n) is 7.83. The molecule has 0 radical (unpaired) electrons. The molecule has 2 aromatic rings. The number of amides is 1. The molecular formula is C17H16BrClN2O4S. The second kappa shape index (κ2) is 7.96. The number of carbonyl (C=O) groups excluding carboxylic acids is 1. The van der Waals surface area contributed by atoms with Crippen molar-refractivity contribution in [3.8, 4) is 5.75 Å². The van der Waals surface area contributed by atoms with Crippen LogP contribution in [0, 0.1) is 0 Å². The lowest BCUT2D eigenvalue weighted by molar-refractivity contribution is -0.118. The van der Waals surface area contributed by atoms with E-state index in [1.54, 1.807) is 30.3 Å². The van der Waals surface area contributed by atoms with Gasteiger partial charge in [-0.1, -0.05) is 17.7 Å². The summed E-state index contributed by atoms with van der Waals surface area (Å²) in [7, 11) is -3.57. The van der Waals surface area contributed by atoms with Crippen LogP contribution in [0.3, 0.4) is 0 Å². The highest BCUT2D eigenvalue weighted by Crippen LogP contribution is 2.28. The van der Waals surface area contributed by atoms with Gasteiger partial charge in [0.25, 0.3) is 5.91 Å². The van der Waals surface area contributed by atoms with Gasteiger partial charge in [-0.15, -0.1) is 0 Å². The molecule has 3 rings (SSSR count). The second-order valence-electron chi connectivity index (χ2n) is 5.83. The van der Waals surface area contributed by atoms with Crippen LogP contribution in [0.15, 0.2) is 51.8 Å². The smallest absolute Gasteiger partial charge is 0.262 e. The summed E-state index contributed by atoms with van der Waals surface area (Å²) in [4.78, 5) is 12.2. The van der Waals surface area contributed by atoms with Crippen LogP contribution in [-0.2, 0) is 14.8 Å². The predicted molar refractivity (Wildman–Crippen MR) is 103 cm³/mol. The Morgan fingerprint density at radius 3 is 2.69 bits per heavy atom. The van der Waals surface area contributed by atoms with Crippen molar-refractivity contribution in [2.45, 2.75) is 23.8 Å². The predicted octanol–water partition coefficient (Wildman–Crippen LogP) is 3.56. The summed E-state index contributed by atoms with van der Waals surface area (Å²) in [6.45, 7) is -0.225. The molecule has 0 aromatic heterocycles. The number of rotatable bonds is 7. The van der Waals surface area contributed by atoms with Crippen LogP contribution < -0.4 is 14.8 Å². The number of ether oxygens (including phenoxy) is 1. The van der Waals surface area contributed by atoms with Gasteiger partial charge >= 0.3 is 0 Å². The van der Waals surface area contributed by atoms with E-state index in [0.717, 1.165) is 12.8 Å². The van der Waals surface area contributed by atoms with E-state index in [4.69, 9.17) is 16.3 Å². The monoisotopic (exact) mass is 458 g/mol. The number of halogens is 2. The molecule has 9 heteroatoms. The summed E-state index contributed by atoms with van der Waals surface area (Å²) in [5, 5.41) is 3.17. The third-order valence-electron chi connectivity index (χ3n) is 3.58. The van der Waals surface area contributed by atoms with Crippen molar-refractivity contribution in [1.82, 2.24) is 4.72 Å². The van der Waals surface area contributed by atoms with Crippen LogP contribution in [0.1, 0.15) is 12.8 Å². The Kier molecular flexibility index (Phi) is 5.86. The van der Waals surface area contributed by atoms with Gasteiger partial charge in [-0.25, -0.2) is 13.1 Å². The Labute approximate surface area is 165 Å².